The molecule has 2 N–H and O–H groups in total. The summed E-state index contributed by atoms with van der Waals surface area (Å²) >= 11 is 0. The first-order valence-corrected chi connectivity index (χ1v) is 12.3. The Kier molecular flexibility index (Phi) is 12.9. The minimum atomic E-state index is -5.08. The van der Waals surface area contributed by atoms with E-state index in [0.717, 1.165) is 45.3 Å². The second-order valence-electron chi connectivity index (χ2n) is 9.37. The molecule has 39 heavy (non-hydrogen) atoms. The van der Waals surface area contributed by atoms with E-state index in [0.29, 0.717) is 24.5 Å². The van der Waals surface area contributed by atoms with Gasteiger partial charge in [-0.1, -0.05) is 0 Å². The van der Waals surface area contributed by atoms with Gasteiger partial charge in [0.1, 0.15) is 0 Å². The van der Waals surface area contributed by atoms with E-state index >= 15 is 0 Å². The maximum atomic E-state index is 10.6. The van der Waals surface area contributed by atoms with Crippen molar-refractivity contribution in [3.8, 4) is 0 Å². The summed E-state index contributed by atoms with van der Waals surface area (Å²) in [6.45, 7) is 7.86. The van der Waals surface area contributed by atoms with Gasteiger partial charge in [0, 0.05) is 57.8 Å². The molecule has 0 aliphatic carbocycles. The first kappa shape index (κ1) is 32.7. The summed E-state index contributed by atoms with van der Waals surface area (Å²) in [4.78, 5) is 24.5. The average molecular weight is 575 g/mol. The predicted octanol–water partition coefficient (Wildman–Crippen LogP) is 3.63. The Labute approximate surface area is 221 Å². The zero-order valence-electron chi connectivity index (χ0n) is 21.0. The van der Waals surface area contributed by atoms with E-state index in [9.17, 15) is 26.3 Å². The summed E-state index contributed by atoms with van der Waals surface area (Å²) < 4.78 is 80.9. The zero-order chi connectivity index (χ0) is 29.1. The number of aliphatic carboxylic acids is 2. The Morgan fingerprint density at radius 2 is 1.56 bits per heavy atom. The Balaban J connectivity index is 0.000000317. The number of fused-ring (bicyclic) bond motifs is 1. The summed E-state index contributed by atoms with van der Waals surface area (Å²) in [5, 5.41) is 14.2. The summed E-state index contributed by atoms with van der Waals surface area (Å²) in [6.07, 6.45) is -2.53. The monoisotopic (exact) mass is 574 g/mol. The molecule has 3 saturated heterocycles. The Bertz CT molecular complexity index is 858. The van der Waals surface area contributed by atoms with Gasteiger partial charge in [-0.2, -0.15) is 26.3 Å². The Hall–Kier alpha value is -2.49. The van der Waals surface area contributed by atoms with Gasteiger partial charge in [0.05, 0.1) is 19.3 Å². The second kappa shape index (κ2) is 15.3. The van der Waals surface area contributed by atoms with Gasteiger partial charge < -0.3 is 29.3 Å². The number of hydrogen-bond donors (Lipinski definition) is 2. The molecule has 222 valence electrons. The Morgan fingerprint density at radius 1 is 1.00 bits per heavy atom. The molecule has 1 aromatic heterocycles. The van der Waals surface area contributed by atoms with Crippen LogP contribution in [0.2, 0.25) is 0 Å². The summed E-state index contributed by atoms with van der Waals surface area (Å²) in [5.41, 5.74) is 1.19. The number of likely N-dealkylation sites (tertiary alicyclic amines) is 1. The quantitative estimate of drug-likeness (QED) is 0.372. The third kappa shape index (κ3) is 12.1. The average Bonchev–Trinajstić information content (AvgIpc) is 3.43. The SMILES string of the molecule is O=C(O)C(F)(F)F.O=C(O)C(F)(F)F.c1cc(COCC[C@H]2CO[C@H]3CN(CC4CCOCC4)C[C@@H]23)ccn1. The van der Waals surface area contributed by atoms with Crippen molar-refractivity contribution < 1.29 is 60.4 Å². The van der Waals surface area contributed by atoms with Crippen LogP contribution in [0.1, 0.15) is 24.8 Å². The number of halogens is 6. The van der Waals surface area contributed by atoms with Gasteiger partial charge >= 0.3 is 24.3 Å². The third-order valence-corrected chi connectivity index (χ3v) is 6.51. The standard InChI is InChI=1S/C20H30N2O3.2C2HF3O2/c1-6-21-7-2-17(1)14-24-10-5-18-15-25-20-13-22(12-19(18)20)11-16-3-8-23-9-4-16;2*3-2(4,5)1(6)7/h1-2,6-7,16,18-20H,3-5,8-15H2;2*(H,6,7)/t18-,19-,20-;;/m0../s1. The number of hydrogen-bond acceptors (Lipinski definition) is 7. The number of alkyl halides is 6. The number of carboxylic acids is 2. The first-order valence-electron chi connectivity index (χ1n) is 12.3. The smallest absolute Gasteiger partial charge is 0.475 e. The summed E-state index contributed by atoms with van der Waals surface area (Å²) in [7, 11) is 0. The molecule has 3 atom stereocenters. The van der Waals surface area contributed by atoms with Gasteiger partial charge in [-0.25, -0.2) is 9.59 Å². The lowest BCUT2D eigenvalue weighted by molar-refractivity contribution is -0.193. The summed E-state index contributed by atoms with van der Waals surface area (Å²) in [5.74, 6) is -3.35. The molecule has 4 heterocycles. The van der Waals surface area contributed by atoms with Gasteiger partial charge in [0.2, 0.25) is 0 Å². The molecular weight excluding hydrogens is 542 g/mol. The fraction of sp³-hybridized carbons (Fsp3) is 0.708. The third-order valence-electron chi connectivity index (χ3n) is 6.51. The molecule has 0 unspecified atom stereocenters. The van der Waals surface area contributed by atoms with Crippen molar-refractivity contribution in [2.45, 2.75) is 44.3 Å². The fourth-order valence-electron chi connectivity index (χ4n) is 4.52. The van der Waals surface area contributed by atoms with Crippen LogP contribution in [0.15, 0.2) is 24.5 Å². The van der Waals surface area contributed by atoms with E-state index in [1.165, 1.54) is 31.5 Å². The van der Waals surface area contributed by atoms with Gasteiger partial charge in [-0.3, -0.25) is 4.98 Å². The number of nitrogens with zero attached hydrogens (tertiary/aromatic N) is 2. The van der Waals surface area contributed by atoms with Crippen molar-refractivity contribution in [3.63, 3.8) is 0 Å². The van der Waals surface area contributed by atoms with Gasteiger partial charge in [-0.15, -0.1) is 0 Å². The number of carboxylic acid groups (broad SMARTS) is 2. The van der Waals surface area contributed by atoms with Gasteiger partial charge in [0.25, 0.3) is 0 Å². The largest absolute Gasteiger partial charge is 0.490 e. The molecule has 3 aliphatic heterocycles. The molecule has 9 nitrogen and oxygen atoms in total. The highest BCUT2D eigenvalue weighted by molar-refractivity contribution is 5.73. The predicted molar refractivity (Wildman–Crippen MR) is 123 cm³/mol. The van der Waals surface area contributed by atoms with Crippen LogP contribution < -0.4 is 0 Å². The number of aromatic nitrogens is 1. The number of ether oxygens (including phenoxy) is 3. The van der Waals surface area contributed by atoms with Crippen LogP contribution in [-0.2, 0) is 30.4 Å². The maximum absolute atomic E-state index is 10.6. The molecule has 0 amide bonds. The molecule has 4 rings (SSSR count). The van der Waals surface area contributed by atoms with E-state index in [2.05, 4.69) is 9.88 Å². The van der Waals surface area contributed by atoms with E-state index in [4.69, 9.17) is 34.0 Å². The minimum absolute atomic E-state index is 0.449. The van der Waals surface area contributed by atoms with Crippen LogP contribution in [-0.4, -0.2) is 96.6 Å². The van der Waals surface area contributed by atoms with Crippen molar-refractivity contribution in [1.82, 2.24) is 9.88 Å². The lowest BCUT2D eigenvalue weighted by atomic mass is 9.91. The molecule has 0 saturated carbocycles. The molecule has 3 aliphatic rings. The molecule has 0 bridgehead atoms. The topological polar surface area (TPSA) is 118 Å². The van der Waals surface area contributed by atoms with Crippen molar-refractivity contribution in [2.24, 2.45) is 17.8 Å². The molecule has 0 spiro atoms. The van der Waals surface area contributed by atoms with E-state index in [1.54, 1.807) is 0 Å². The Morgan fingerprint density at radius 3 is 2.10 bits per heavy atom. The molecular formula is C24H32F6N2O7. The molecule has 0 aromatic carbocycles. The van der Waals surface area contributed by atoms with Crippen molar-refractivity contribution in [3.05, 3.63) is 30.1 Å². The van der Waals surface area contributed by atoms with Crippen LogP contribution >= 0.6 is 0 Å². The molecule has 1 aromatic rings. The molecule has 15 heteroatoms. The second-order valence-corrected chi connectivity index (χ2v) is 9.37. The highest BCUT2D eigenvalue weighted by Crippen LogP contribution is 2.36. The van der Waals surface area contributed by atoms with Gasteiger partial charge in [0.15, 0.2) is 0 Å². The maximum Gasteiger partial charge on any atom is 0.490 e. The lowest BCUT2D eigenvalue weighted by Gasteiger charge is -2.27. The van der Waals surface area contributed by atoms with E-state index in [-0.39, 0.29) is 0 Å². The molecule has 3 fully saturated rings. The van der Waals surface area contributed by atoms with E-state index < -0.39 is 24.3 Å². The number of carbonyl (C=O) groups is 2. The fourth-order valence-corrected chi connectivity index (χ4v) is 4.52. The van der Waals surface area contributed by atoms with Crippen molar-refractivity contribution in [1.29, 1.82) is 0 Å². The van der Waals surface area contributed by atoms with Crippen LogP contribution in [0, 0.1) is 17.8 Å². The van der Waals surface area contributed by atoms with Gasteiger partial charge in [-0.05, 0) is 48.8 Å². The lowest BCUT2D eigenvalue weighted by Crippen LogP contribution is -2.32. The van der Waals surface area contributed by atoms with Crippen LogP contribution in [0.25, 0.3) is 0 Å². The van der Waals surface area contributed by atoms with Crippen LogP contribution in [0.4, 0.5) is 26.3 Å². The number of rotatable bonds is 7. The van der Waals surface area contributed by atoms with Crippen LogP contribution in [0.3, 0.4) is 0 Å². The van der Waals surface area contributed by atoms with E-state index in [1.807, 2.05) is 24.5 Å². The number of pyridine rings is 1. The molecule has 0 radical (unpaired) electrons. The van der Waals surface area contributed by atoms with Crippen molar-refractivity contribution in [2.75, 3.05) is 46.1 Å². The zero-order valence-corrected chi connectivity index (χ0v) is 21.0. The normalized spacial score (nSPS) is 23.7. The first-order chi connectivity index (χ1) is 18.3. The van der Waals surface area contributed by atoms with Crippen molar-refractivity contribution >= 4 is 11.9 Å². The highest BCUT2D eigenvalue weighted by atomic mass is 19.4. The van der Waals surface area contributed by atoms with Crippen LogP contribution in [0.5, 0.6) is 0 Å². The minimum Gasteiger partial charge on any atom is -0.475 e. The summed E-state index contributed by atoms with van der Waals surface area (Å²) in [6, 6.07) is 4.03. The highest BCUT2D eigenvalue weighted by Gasteiger charge is 2.43.